The van der Waals surface area contributed by atoms with Gasteiger partial charge in [-0.15, -0.1) is 0 Å². The summed E-state index contributed by atoms with van der Waals surface area (Å²) in [5.74, 6) is 2.07. The summed E-state index contributed by atoms with van der Waals surface area (Å²) in [5, 5.41) is 0. The van der Waals surface area contributed by atoms with Crippen LogP contribution >= 0.6 is 0 Å². The van der Waals surface area contributed by atoms with Crippen LogP contribution in [-0.2, 0) is 0 Å². The molecule has 0 aliphatic carbocycles. The smallest absolute Gasteiger partial charge is 0.122 e. The Kier molecular flexibility index (Phi) is 3.46. The molecule has 0 radical (unpaired) electrons. The summed E-state index contributed by atoms with van der Waals surface area (Å²) < 4.78 is 5.39. The molecule has 1 aliphatic heterocycles. The quantitative estimate of drug-likeness (QED) is 0.817. The van der Waals surface area contributed by atoms with Crippen LogP contribution in [0.4, 0.5) is 0 Å². The zero-order valence-electron chi connectivity index (χ0n) is 10.2. The Labute approximate surface area is 97.2 Å². The Morgan fingerprint density at radius 1 is 1.25 bits per heavy atom. The van der Waals surface area contributed by atoms with Gasteiger partial charge in [-0.2, -0.15) is 0 Å². The lowest BCUT2D eigenvalue weighted by Gasteiger charge is -2.15. The van der Waals surface area contributed by atoms with Crippen LogP contribution < -0.4 is 15.6 Å². The average molecular weight is 220 g/mol. The molecule has 3 heteroatoms. The summed E-state index contributed by atoms with van der Waals surface area (Å²) in [6, 6.07) is 6.54. The van der Waals surface area contributed by atoms with Crippen molar-refractivity contribution in [3.05, 3.63) is 29.3 Å². The fraction of sp³-hybridized carbons (Fsp3) is 0.538. The largest absolute Gasteiger partial charge is 0.496 e. The van der Waals surface area contributed by atoms with E-state index in [9.17, 15) is 0 Å². The van der Waals surface area contributed by atoms with Crippen LogP contribution in [0, 0.1) is 0 Å². The molecule has 1 heterocycles. The van der Waals surface area contributed by atoms with Crippen LogP contribution in [0.2, 0.25) is 0 Å². The highest BCUT2D eigenvalue weighted by atomic mass is 16.5. The van der Waals surface area contributed by atoms with Crippen molar-refractivity contribution in [2.75, 3.05) is 20.2 Å². The highest BCUT2D eigenvalue weighted by Gasteiger charge is 2.18. The standard InChI is InChI=1S/C13H20N2O/c1-9(2)12-6-10(4-5-13(12)16-3)11-7-14-15-8-11/h4-6,9,11,14-15H,7-8H2,1-3H3. The van der Waals surface area contributed by atoms with Crippen molar-refractivity contribution in [3.8, 4) is 5.75 Å². The van der Waals surface area contributed by atoms with Crippen molar-refractivity contribution in [2.45, 2.75) is 25.7 Å². The summed E-state index contributed by atoms with van der Waals surface area (Å²) >= 11 is 0. The van der Waals surface area contributed by atoms with Gasteiger partial charge in [-0.05, 0) is 23.1 Å². The van der Waals surface area contributed by atoms with E-state index < -0.39 is 0 Å². The van der Waals surface area contributed by atoms with Crippen molar-refractivity contribution in [3.63, 3.8) is 0 Å². The highest BCUT2D eigenvalue weighted by molar-refractivity contribution is 5.40. The maximum absolute atomic E-state index is 5.39. The third-order valence-corrected chi connectivity index (χ3v) is 3.17. The van der Waals surface area contributed by atoms with Gasteiger partial charge < -0.3 is 4.74 Å². The highest BCUT2D eigenvalue weighted by Crippen LogP contribution is 2.30. The average Bonchev–Trinajstić information content (AvgIpc) is 2.81. The van der Waals surface area contributed by atoms with Gasteiger partial charge in [0.15, 0.2) is 0 Å². The van der Waals surface area contributed by atoms with E-state index in [1.165, 1.54) is 11.1 Å². The molecular formula is C13H20N2O. The molecule has 0 spiro atoms. The van der Waals surface area contributed by atoms with Gasteiger partial charge in [-0.3, -0.25) is 10.9 Å². The number of methoxy groups -OCH3 is 1. The maximum Gasteiger partial charge on any atom is 0.122 e. The summed E-state index contributed by atoms with van der Waals surface area (Å²) in [5.41, 5.74) is 9.02. The number of rotatable bonds is 3. The van der Waals surface area contributed by atoms with Crippen molar-refractivity contribution < 1.29 is 4.74 Å². The van der Waals surface area contributed by atoms with Crippen LogP contribution in [0.25, 0.3) is 0 Å². The Hall–Kier alpha value is -1.06. The minimum absolute atomic E-state index is 0.497. The zero-order valence-corrected chi connectivity index (χ0v) is 10.2. The summed E-state index contributed by atoms with van der Waals surface area (Å²) in [4.78, 5) is 0. The molecule has 0 bridgehead atoms. The molecule has 0 amide bonds. The molecule has 16 heavy (non-hydrogen) atoms. The third kappa shape index (κ3) is 2.20. The van der Waals surface area contributed by atoms with E-state index in [2.05, 4.69) is 42.9 Å². The zero-order chi connectivity index (χ0) is 11.5. The molecule has 1 aromatic carbocycles. The van der Waals surface area contributed by atoms with Gasteiger partial charge in [0.2, 0.25) is 0 Å². The van der Waals surface area contributed by atoms with Crippen LogP contribution in [-0.4, -0.2) is 20.2 Å². The van der Waals surface area contributed by atoms with Gasteiger partial charge in [0.25, 0.3) is 0 Å². The van der Waals surface area contributed by atoms with Gasteiger partial charge in [0.1, 0.15) is 5.75 Å². The molecule has 2 rings (SSSR count). The molecule has 88 valence electrons. The fourth-order valence-corrected chi connectivity index (χ4v) is 2.16. The van der Waals surface area contributed by atoms with Crippen LogP contribution in [0.5, 0.6) is 5.75 Å². The molecule has 0 aromatic heterocycles. The SMILES string of the molecule is COc1ccc(C2CNNC2)cc1C(C)C. The predicted molar refractivity (Wildman–Crippen MR) is 65.8 cm³/mol. The van der Waals surface area contributed by atoms with E-state index in [4.69, 9.17) is 4.74 Å². The van der Waals surface area contributed by atoms with Crippen LogP contribution in [0.1, 0.15) is 36.8 Å². The summed E-state index contributed by atoms with van der Waals surface area (Å²) in [6.45, 7) is 6.41. The Balaban J connectivity index is 2.30. The van der Waals surface area contributed by atoms with Crippen molar-refractivity contribution in [1.82, 2.24) is 10.9 Å². The number of nitrogens with one attached hydrogen (secondary N) is 2. The van der Waals surface area contributed by atoms with Gasteiger partial charge in [-0.1, -0.05) is 26.0 Å². The predicted octanol–water partition coefficient (Wildman–Crippen LogP) is 2.01. The second-order valence-electron chi connectivity index (χ2n) is 4.61. The lowest BCUT2D eigenvalue weighted by molar-refractivity contribution is 0.407. The number of benzene rings is 1. The van der Waals surface area contributed by atoms with E-state index in [1.54, 1.807) is 7.11 Å². The number of hydrogen-bond acceptors (Lipinski definition) is 3. The Morgan fingerprint density at radius 3 is 2.50 bits per heavy atom. The molecule has 1 aromatic rings. The monoisotopic (exact) mass is 220 g/mol. The van der Waals surface area contributed by atoms with Crippen LogP contribution in [0.3, 0.4) is 0 Å². The first kappa shape index (κ1) is 11.4. The molecular weight excluding hydrogens is 200 g/mol. The lowest BCUT2D eigenvalue weighted by atomic mass is 9.93. The van der Waals surface area contributed by atoms with Crippen molar-refractivity contribution >= 4 is 0 Å². The molecule has 2 N–H and O–H groups in total. The lowest BCUT2D eigenvalue weighted by Crippen LogP contribution is -2.21. The van der Waals surface area contributed by atoms with Crippen molar-refractivity contribution in [2.24, 2.45) is 0 Å². The van der Waals surface area contributed by atoms with Gasteiger partial charge >= 0.3 is 0 Å². The maximum atomic E-state index is 5.39. The normalized spacial score (nSPS) is 17.0. The second-order valence-corrected chi connectivity index (χ2v) is 4.61. The van der Waals surface area contributed by atoms with E-state index in [0.29, 0.717) is 11.8 Å². The molecule has 1 saturated heterocycles. The molecule has 0 atom stereocenters. The summed E-state index contributed by atoms with van der Waals surface area (Å²) in [7, 11) is 1.74. The Morgan fingerprint density at radius 2 is 1.94 bits per heavy atom. The Bertz CT molecular complexity index is 357. The van der Waals surface area contributed by atoms with Crippen molar-refractivity contribution in [1.29, 1.82) is 0 Å². The van der Waals surface area contributed by atoms with E-state index >= 15 is 0 Å². The van der Waals surface area contributed by atoms with Gasteiger partial charge in [0, 0.05) is 19.0 Å². The first-order valence-electron chi connectivity index (χ1n) is 5.86. The molecule has 1 aliphatic rings. The number of hydrazine groups is 1. The molecule has 0 saturated carbocycles. The third-order valence-electron chi connectivity index (χ3n) is 3.17. The minimum atomic E-state index is 0.497. The van der Waals surface area contributed by atoms with E-state index in [-0.39, 0.29) is 0 Å². The number of ether oxygens (including phenoxy) is 1. The van der Waals surface area contributed by atoms with Crippen LogP contribution in [0.15, 0.2) is 18.2 Å². The topological polar surface area (TPSA) is 33.3 Å². The number of hydrogen-bond donors (Lipinski definition) is 2. The van der Waals surface area contributed by atoms with E-state index in [0.717, 1.165) is 18.8 Å². The first-order valence-corrected chi connectivity index (χ1v) is 5.86. The molecule has 3 nitrogen and oxygen atoms in total. The van der Waals surface area contributed by atoms with Gasteiger partial charge in [-0.25, -0.2) is 0 Å². The second kappa shape index (κ2) is 4.85. The summed E-state index contributed by atoms with van der Waals surface area (Å²) in [6.07, 6.45) is 0. The van der Waals surface area contributed by atoms with Gasteiger partial charge in [0.05, 0.1) is 7.11 Å². The fourth-order valence-electron chi connectivity index (χ4n) is 2.16. The van der Waals surface area contributed by atoms with E-state index in [1.807, 2.05) is 0 Å². The molecule has 1 fully saturated rings. The molecule has 0 unspecified atom stereocenters. The minimum Gasteiger partial charge on any atom is -0.496 e. The first-order chi connectivity index (χ1) is 7.72.